The normalized spacial score (nSPS) is 10.3. The van der Waals surface area contributed by atoms with Crippen molar-refractivity contribution in [1.29, 1.82) is 0 Å². The Balaban J connectivity index is 2.35. The summed E-state index contributed by atoms with van der Waals surface area (Å²) in [7, 11) is 1.87. The summed E-state index contributed by atoms with van der Waals surface area (Å²) in [4.78, 5) is 14.1. The molecule has 2 rings (SSSR count). The molecule has 6 heteroatoms. The number of halogens is 1. The summed E-state index contributed by atoms with van der Waals surface area (Å²) in [6.07, 6.45) is 0. The summed E-state index contributed by atoms with van der Waals surface area (Å²) >= 11 is 5.88. The highest BCUT2D eigenvalue weighted by Crippen LogP contribution is 2.23. The average molecular weight is 279 g/mol. The molecule has 1 heterocycles. The molecule has 0 N–H and O–H groups in total. The number of benzene rings is 1. The third-order valence-electron chi connectivity index (χ3n) is 2.54. The van der Waals surface area contributed by atoms with Gasteiger partial charge in [-0.3, -0.25) is 0 Å². The first-order valence-corrected chi connectivity index (χ1v) is 6.32. The highest BCUT2D eigenvalue weighted by atomic mass is 35.5. The van der Waals surface area contributed by atoms with Gasteiger partial charge in [0.2, 0.25) is 11.2 Å². The minimum absolute atomic E-state index is 0.118. The van der Waals surface area contributed by atoms with Crippen molar-refractivity contribution in [2.45, 2.75) is 13.8 Å². The van der Waals surface area contributed by atoms with E-state index in [1.165, 1.54) is 0 Å². The van der Waals surface area contributed by atoms with Crippen molar-refractivity contribution in [3.05, 3.63) is 35.1 Å². The van der Waals surface area contributed by atoms with Crippen LogP contribution in [0.15, 0.2) is 24.3 Å². The minimum atomic E-state index is 0.118. The molecule has 100 valence electrons. The Morgan fingerprint density at radius 2 is 2.05 bits per heavy atom. The lowest BCUT2D eigenvalue weighted by atomic mass is 10.2. The van der Waals surface area contributed by atoms with E-state index >= 15 is 0 Å². The highest BCUT2D eigenvalue weighted by Gasteiger charge is 2.11. The number of aryl methyl sites for hydroxylation is 1. The molecule has 2 aromatic rings. The number of aromatic nitrogens is 3. The van der Waals surface area contributed by atoms with E-state index in [0.29, 0.717) is 12.6 Å². The third kappa shape index (κ3) is 3.32. The van der Waals surface area contributed by atoms with Gasteiger partial charge in [0.05, 0.1) is 6.61 Å². The number of anilines is 2. The molecule has 0 saturated carbocycles. The topological polar surface area (TPSA) is 51.1 Å². The molecule has 0 aliphatic heterocycles. The van der Waals surface area contributed by atoms with E-state index < -0.39 is 0 Å². The Bertz CT molecular complexity index is 576. The monoisotopic (exact) mass is 278 g/mol. The number of hydrogen-bond acceptors (Lipinski definition) is 5. The second-order valence-corrected chi connectivity index (χ2v) is 4.36. The molecule has 0 unspecified atom stereocenters. The van der Waals surface area contributed by atoms with Gasteiger partial charge in [-0.1, -0.05) is 12.1 Å². The van der Waals surface area contributed by atoms with Gasteiger partial charge in [-0.05, 0) is 43.1 Å². The fraction of sp³-hybridized carbons (Fsp3) is 0.308. The van der Waals surface area contributed by atoms with Gasteiger partial charge in [0.25, 0.3) is 0 Å². The van der Waals surface area contributed by atoms with Gasteiger partial charge in [-0.15, -0.1) is 0 Å². The maximum Gasteiger partial charge on any atom is 0.322 e. The van der Waals surface area contributed by atoms with Gasteiger partial charge in [-0.2, -0.15) is 15.0 Å². The van der Waals surface area contributed by atoms with Crippen molar-refractivity contribution in [2.24, 2.45) is 0 Å². The summed E-state index contributed by atoms with van der Waals surface area (Å²) in [5.41, 5.74) is 2.14. The number of rotatable bonds is 4. The summed E-state index contributed by atoms with van der Waals surface area (Å²) in [6, 6.07) is 8.26. The zero-order valence-electron chi connectivity index (χ0n) is 11.1. The van der Waals surface area contributed by atoms with Crippen molar-refractivity contribution in [1.82, 2.24) is 15.0 Å². The fourth-order valence-electron chi connectivity index (χ4n) is 1.62. The van der Waals surface area contributed by atoms with Crippen molar-refractivity contribution in [3.8, 4) is 6.01 Å². The van der Waals surface area contributed by atoms with Gasteiger partial charge in [0, 0.05) is 12.7 Å². The van der Waals surface area contributed by atoms with E-state index in [4.69, 9.17) is 16.3 Å². The van der Waals surface area contributed by atoms with Crippen LogP contribution in [0.3, 0.4) is 0 Å². The fourth-order valence-corrected chi connectivity index (χ4v) is 1.77. The summed E-state index contributed by atoms with van der Waals surface area (Å²) in [5, 5.41) is 0.118. The van der Waals surface area contributed by atoms with Gasteiger partial charge in [-0.25, -0.2) is 0 Å². The van der Waals surface area contributed by atoms with Crippen LogP contribution < -0.4 is 9.64 Å². The lowest BCUT2D eigenvalue weighted by Crippen LogP contribution is -2.14. The zero-order chi connectivity index (χ0) is 13.8. The summed E-state index contributed by atoms with van der Waals surface area (Å²) in [6.45, 7) is 4.37. The van der Waals surface area contributed by atoms with Crippen LogP contribution in [0.1, 0.15) is 12.5 Å². The second-order valence-electron chi connectivity index (χ2n) is 4.02. The molecular formula is C13H15ClN4O. The molecular weight excluding hydrogens is 264 g/mol. The molecule has 5 nitrogen and oxygen atoms in total. The van der Waals surface area contributed by atoms with Gasteiger partial charge < -0.3 is 9.64 Å². The molecule has 0 bridgehead atoms. The largest absolute Gasteiger partial charge is 0.464 e. The third-order valence-corrected chi connectivity index (χ3v) is 2.71. The molecule has 0 aliphatic carbocycles. The molecule has 0 spiro atoms. The van der Waals surface area contributed by atoms with E-state index in [0.717, 1.165) is 11.3 Å². The Kier molecular flexibility index (Phi) is 4.16. The SMILES string of the molecule is CCOc1nc(Cl)nc(N(C)c2cccc(C)c2)n1. The number of nitrogens with zero attached hydrogens (tertiary/aromatic N) is 4. The minimum Gasteiger partial charge on any atom is -0.464 e. The Hall–Kier alpha value is -1.88. The predicted molar refractivity (Wildman–Crippen MR) is 75.2 cm³/mol. The van der Waals surface area contributed by atoms with E-state index in [1.807, 2.05) is 50.1 Å². The Labute approximate surface area is 117 Å². The number of ether oxygens (including phenoxy) is 1. The maximum absolute atomic E-state index is 5.88. The smallest absolute Gasteiger partial charge is 0.322 e. The summed E-state index contributed by atoms with van der Waals surface area (Å²) in [5.74, 6) is 0.453. The van der Waals surface area contributed by atoms with Crippen LogP contribution in [0.5, 0.6) is 6.01 Å². The van der Waals surface area contributed by atoms with Crippen LogP contribution in [0.25, 0.3) is 0 Å². The molecule has 0 atom stereocenters. The molecule has 1 aromatic carbocycles. The van der Waals surface area contributed by atoms with Crippen LogP contribution in [0.2, 0.25) is 5.28 Å². The molecule has 0 saturated heterocycles. The number of hydrogen-bond donors (Lipinski definition) is 0. The first-order chi connectivity index (χ1) is 9.10. The predicted octanol–water partition coefficient (Wildman–Crippen LogP) is 3.00. The van der Waals surface area contributed by atoms with Gasteiger partial charge in [0.15, 0.2) is 0 Å². The van der Waals surface area contributed by atoms with E-state index in [-0.39, 0.29) is 11.3 Å². The standard InChI is InChI=1S/C13H15ClN4O/c1-4-19-13-16-11(14)15-12(17-13)18(3)10-7-5-6-9(2)8-10/h5-8H,4H2,1-3H3. The van der Waals surface area contributed by atoms with Crippen LogP contribution >= 0.6 is 11.6 Å². The molecule has 1 aromatic heterocycles. The second kappa shape index (κ2) is 5.84. The quantitative estimate of drug-likeness (QED) is 0.860. The van der Waals surface area contributed by atoms with Crippen molar-refractivity contribution >= 4 is 23.2 Å². The summed E-state index contributed by atoms with van der Waals surface area (Å²) < 4.78 is 5.26. The molecule has 0 amide bonds. The van der Waals surface area contributed by atoms with Crippen molar-refractivity contribution < 1.29 is 4.74 Å². The maximum atomic E-state index is 5.88. The lowest BCUT2D eigenvalue weighted by Gasteiger charge is -2.17. The van der Waals surface area contributed by atoms with Crippen LogP contribution in [0, 0.1) is 6.92 Å². The average Bonchev–Trinajstić information content (AvgIpc) is 2.37. The molecule has 0 fully saturated rings. The van der Waals surface area contributed by atoms with Crippen molar-refractivity contribution in [2.75, 3.05) is 18.6 Å². The van der Waals surface area contributed by atoms with E-state index in [9.17, 15) is 0 Å². The van der Waals surface area contributed by atoms with E-state index in [1.54, 1.807) is 0 Å². The molecule has 19 heavy (non-hydrogen) atoms. The molecule has 0 aliphatic rings. The molecule has 0 radical (unpaired) electrons. The van der Waals surface area contributed by atoms with Crippen molar-refractivity contribution in [3.63, 3.8) is 0 Å². The van der Waals surface area contributed by atoms with Crippen LogP contribution in [0.4, 0.5) is 11.6 Å². The zero-order valence-corrected chi connectivity index (χ0v) is 11.8. The van der Waals surface area contributed by atoms with E-state index in [2.05, 4.69) is 15.0 Å². The Morgan fingerprint density at radius 1 is 1.26 bits per heavy atom. The van der Waals surface area contributed by atoms with Crippen LogP contribution in [-0.4, -0.2) is 28.6 Å². The van der Waals surface area contributed by atoms with Gasteiger partial charge in [0.1, 0.15) is 0 Å². The lowest BCUT2D eigenvalue weighted by molar-refractivity contribution is 0.311. The first kappa shape index (κ1) is 13.5. The highest BCUT2D eigenvalue weighted by molar-refractivity contribution is 6.28. The first-order valence-electron chi connectivity index (χ1n) is 5.95. The van der Waals surface area contributed by atoms with Gasteiger partial charge >= 0.3 is 6.01 Å². The Morgan fingerprint density at radius 3 is 2.74 bits per heavy atom. The van der Waals surface area contributed by atoms with Crippen LogP contribution in [-0.2, 0) is 0 Å².